The number of hydroxylamine groups is 1. The van der Waals surface area contributed by atoms with Crippen molar-refractivity contribution in [3.63, 3.8) is 0 Å². The van der Waals surface area contributed by atoms with Gasteiger partial charge in [0, 0.05) is 6.20 Å². The monoisotopic (exact) mass is 263 g/mol. The lowest BCUT2D eigenvalue weighted by Crippen LogP contribution is -2.16. The lowest BCUT2D eigenvalue weighted by atomic mass is 10.3. The zero-order chi connectivity index (χ0) is 13.0. The van der Waals surface area contributed by atoms with Crippen molar-refractivity contribution in [1.82, 2.24) is 15.3 Å². The maximum atomic E-state index is 11.2. The first kappa shape index (κ1) is 12.5. The van der Waals surface area contributed by atoms with Crippen LogP contribution in [0.3, 0.4) is 0 Å². The minimum Gasteiger partial charge on any atom is -0.288 e. The molecule has 0 saturated heterocycles. The highest BCUT2D eigenvalue weighted by molar-refractivity contribution is 7.17. The van der Waals surface area contributed by atoms with E-state index in [9.17, 15) is 4.79 Å². The summed E-state index contributed by atoms with van der Waals surface area (Å²) in [6, 6.07) is 5.38. The number of rotatable bonds is 4. The Hall–Kier alpha value is -1.92. The van der Waals surface area contributed by atoms with E-state index in [1.807, 2.05) is 42.1 Å². The first-order valence-electron chi connectivity index (χ1n) is 5.44. The molecule has 5 nitrogen and oxygen atoms in total. The molecule has 0 spiro atoms. The Labute approximate surface area is 108 Å². The van der Waals surface area contributed by atoms with Gasteiger partial charge in [-0.3, -0.25) is 14.7 Å². The molecule has 1 amide bonds. The van der Waals surface area contributed by atoms with Crippen LogP contribution < -0.4 is 5.48 Å². The second kappa shape index (κ2) is 5.61. The van der Waals surface area contributed by atoms with Crippen LogP contribution in [0.4, 0.5) is 0 Å². The smallest absolute Gasteiger partial charge is 0.284 e. The van der Waals surface area contributed by atoms with Gasteiger partial charge in [0.1, 0.15) is 5.69 Å². The summed E-state index contributed by atoms with van der Waals surface area (Å²) in [5.74, 6) is -0.500. The van der Waals surface area contributed by atoms with Crippen molar-refractivity contribution in [1.29, 1.82) is 0 Å². The third-order valence-corrected chi connectivity index (χ3v) is 3.46. The maximum absolute atomic E-state index is 11.2. The molecular formula is C12H13N3O2S. The van der Waals surface area contributed by atoms with Gasteiger partial charge in [0.25, 0.3) is 5.91 Å². The van der Waals surface area contributed by atoms with E-state index in [0.29, 0.717) is 4.88 Å². The summed E-state index contributed by atoms with van der Waals surface area (Å²) in [4.78, 5) is 12.6. The van der Waals surface area contributed by atoms with Crippen molar-refractivity contribution in [3.8, 4) is 10.6 Å². The first-order chi connectivity index (χ1) is 8.74. The highest BCUT2D eigenvalue weighted by atomic mass is 32.1. The van der Waals surface area contributed by atoms with Crippen molar-refractivity contribution in [2.24, 2.45) is 0 Å². The van der Waals surface area contributed by atoms with Gasteiger partial charge in [0.2, 0.25) is 0 Å². The molecule has 0 radical (unpaired) electrons. The summed E-state index contributed by atoms with van der Waals surface area (Å²) in [6.07, 6.45) is 5.87. The lowest BCUT2D eigenvalue weighted by molar-refractivity contribution is 0.0711. The fraction of sp³-hybridized carbons (Fsp3) is 0.167. The van der Waals surface area contributed by atoms with Crippen LogP contribution in [0, 0.1) is 0 Å². The Morgan fingerprint density at radius 2 is 2.39 bits per heavy atom. The van der Waals surface area contributed by atoms with E-state index in [4.69, 9.17) is 5.21 Å². The molecule has 0 atom stereocenters. The number of hydrogen-bond donors (Lipinski definition) is 2. The van der Waals surface area contributed by atoms with Crippen LogP contribution in [0.1, 0.15) is 16.6 Å². The molecule has 2 N–H and O–H groups in total. The third kappa shape index (κ3) is 2.66. The van der Waals surface area contributed by atoms with Gasteiger partial charge < -0.3 is 0 Å². The average Bonchev–Trinajstić information content (AvgIpc) is 3.03. The van der Waals surface area contributed by atoms with Crippen LogP contribution in [-0.2, 0) is 6.54 Å². The van der Waals surface area contributed by atoms with Gasteiger partial charge >= 0.3 is 0 Å². The Bertz CT molecular complexity index is 571. The quantitative estimate of drug-likeness (QED) is 0.505. The molecule has 2 rings (SSSR count). The molecule has 6 heteroatoms. The zero-order valence-corrected chi connectivity index (χ0v) is 10.6. The second-order valence-electron chi connectivity index (χ2n) is 3.60. The number of nitrogens with one attached hydrogen (secondary N) is 1. The largest absolute Gasteiger partial charge is 0.288 e. The summed E-state index contributed by atoms with van der Waals surface area (Å²) < 4.78 is 1.82. The minimum atomic E-state index is -0.500. The Morgan fingerprint density at radius 3 is 3.11 bits per heavy atom. The number of hydrogen-bond acceptors (Lipinski definition) is 4. The van der Waals surface area contributed by atoms with Crippen LogP contribution in [0.5, 0.6) is 0 Å². The number of carbonyl (C=O) groups excluding carboxylic acids is 1. The second-order valence-corrected chi connectivity index (χ2v) is 4.68. The normalized spacial score (nSPS) is 11.0. The van der Waals surface area contributed by atoms with E-state index in [1.165, 1.54) is 11.3 Å². The van der Waals surface area contributed by atoms with E-state index >= 15 is 0 Å². The highest BCUT2D eigenvalue weighted by Gasteiger charge is 2.10. The molecule has 2 aromatic rings. The van der Waals surface area contributed by atoms with Gasteiger partial charge in [0.05, 0.1) is 16.3 Å². The number of allylic oxidation sites excluding steroid dienone is 2. The van der Waals surface area contributed by atoms with E-state index in [1.54, 1.807) is 11.5 Å². The van der Waals surface area contributed by atoms with Gasteiger partial charge in [-0.05, 0) is 25.1 Å². The maximum Gasteiger partial charge on any atom is 0.284 e. The van der Waals surface area contributed by atoms with Crippen molar-refractivity contribution in [3.05, 3.63) is 41.4 Å². The van der Waals surface area contributed by atoms with Gasteiger partial charge in [0.15, 0.2) is 0 Å². The van der Waals surface area contributed by atoms with Crippen LogP contribution >= 0.6 is 11.3 Å². The van der Waals surface area contributed by atoms with Crippen LogP contribution in [0.2, 0.25) is 0 Å². The molecule has 0 aromatic carbocycles. The van der Waals surface area contributed by atoms with Crippen LogP contribution in [0.15, 0.2) is 36.5 Å². The molecule has 0 saturated carbocycles. The molecule has 0 unspecified atom stereocenters. The van der Waals surface area contributed by atoms with E-state index in [-0.39, 0.29) is 0 Å². The van der Waals surface area contributed by atoms with Crippen molar-refractivity contribution >= 4 is 17.2 Å². The van der Waals surface area contributed by atoms with Crippen molar-refractivity contribution in [2.45, 2.75) is 13.5 Å². The number of nitrogens with zero attached hydrogens (tertiary/aromatic N) is 2. The average molecular weight is 263 g/mol. The fourth-order valence-corrected chi connectivity index (χ4v) is 2.32. The Morgan fingerprint density at radius 1 is 1.56 bits per heavy atom. The predicted octanol–water partition coefficient (Wildman–Crippen LogP) is 2.31. The number of thiophene rings is 1. The SMILES string of the molecule is CC=CCn1ccc(-c2ccc(C(=O)NO)s2)n1. The van der Waals surface area contributed by atoms with Gasteiger partial charge in [-0.2, -0.15) is 5.10 Å². The molecule has 0 aliphatic carbocycles. The van der Waals surface area contributed by atoms with Crippen LogP contribution in [0.25, 0.3) is 10.6 Å². The van der Waals surface area contributed by atoms with E-state index in [0.717, 1.165) is 17.1 Å². The summed E-state index contributed by atoms with van der Waals surface area (Å²) in [5.41, 5.74) is 2.44. The van der Waals surface area contributed by atoms with E-state index < -0.39 is 5.91 Å². The third-order valence-electron chi connectivity index (χ3n) is 2.35. The molecule has 18 heavy (non-hydrogen) atoms. The molecule has 94 valence electrons. The van der Waals surface area contributed by atoms with Gasteiger partial charge in [-0.1, -0.05) is 12.2 Å². The molecule has 0 bridgehead atoms. The molecule has 2 aromatic heterocycles. The minimum absolute atomic E-state index is 0.454. The topological polar surface area (TPSA) is 67.2 Å². The molecule has 0 aliphatic heterocycles. The summed E-state index contributed by atoms with van der Waals surface area (Å²) in [5, 5.41) is 12.9. The Kier molecular flexibility index (Phi) is 3.91. The van der Waals surface area contributed by atoms with Gasteiger partial charge in [-0.15, -0.1) is 11.3 Å². The van der Waals surface area contributed by atoms with E-state index in [2.05, 4.69) is 5.10 Å². The lowest BCUT2D eigenvalue weighted by Gasteiger charge is -1.94. The number of amides is 1. The molecule has 0 aliphatic rings. The standard InChI is InChI=1S/C12H13N3O2S/c1-2-3-7-15-8-6-9(13-15)10-4-5-11(18-10)12(16)14-17/h2-6,8,17H,7H2,1H3,(H,14,16). The molecule has 0 fully saturated rings. The predicted molar refractivity (Wildman–Crippen MR) is 69.6 cm³/mol. The molecule has 2 heterocycles. The number of carbonyl (C=O) groups is 1. The van der Waals surface area contributed by atoms with Crippen LogP contribution in [-0.4, -0.2) is 20.9 Å². The number of aromatic nitrogens is 2. The fourth-order valence-electron chi connectivity index (χ4n) is 1.46. The van der Waals surface area contributed by atoms with Crippen molar-refractivity contribution < 1.29 is 10.0 Å². The summed E-state index contributed by atoms with van der Waals surface area (Å²) >= 11 is 1.29. The summed E-state index contributed by atoms with van der Waals surface area (Å²) in [6.45, 7) is 2.69. The highest BCUT2D eigenvalue weighted by Crippen LogP contribution is 2.26. The van der Waals surface area contributed by atoms with Gasteiger partial charge in [-0.25, -0.2) is 5.48 Å². The van der Waals surface area contributed by atoms with Crippen molar-refractivity contribution in [2.75, 3.05) is 0 Å². The zero-order valence-electron chi connectivity index (χ0n) is 9.83. The first-order valence-corrected chi connectivity index (χ1v) is 6.25. The summed E-state index contributed by atoms with van der Waals surface area (Å²) in [7, 11) is 0. The Balaban J connectivity index is 2.18. The molecular weight excluding hydrogens is 250 g/mol.